The van der Waals surface area contributed by atoms with E-state index in [9.17, 15) is 18.0 Å². The third kappa shape index (κ3) is 5.43. The average molecular weight is 564 g/mol. The summed E-state index contributed by atoms with van der Waals surface area (Å²) in [4.78, 5) is 26.8. The lowest BCUT2D eigenvalue weighted by atomic mass is 10.0. The van der Waals surface area contributed by atoms with Crippen LogP contribution in [0.15, 0.2) is 76.1 Å². The molecular weight excluding hydrogens is 544 g/mol. The molecule has 1 aliphatic rings. The summed E-state index contributed by atoms with van der Waals surface area (Å²) in [6, 6.07) is 17.9. The van der Waals surface area contributed by atoms with Crippen molar-refractivity contribution in [3.05, 3.63) is 87.4 Å². The number of ether oxygens (including phenoxy) is 1. The van der Waals surface area contributed by atoms with Crippen molar-refractivity contribution in [1.82, 2.24) is 0 Å². The number of rotatable bonds is 6. The summed E-state index contributed by atoms with van der Waals surface area (Å²) in [6.07, 6.45) is 1.69. The molecule has 0 saturated heterocycles. The molecule has 176 valence electrons. The number of carbonyl (C=O) groups is 2. The molecule has 0 saturated carbocycles. The standard InChI is InChI=1S/C24H20BrClN2O5S/c25-17-7-9-18(10-8-17)27-34(31,32)19-11-12-21(26)20(14-19)24(30)33-15-23(29)28-13-3-5-16-4-1-2-6-22(16)28/h1-2,4,6-12,14,27H,3,5,13,15H2. The minimum absolute atomic E-state index is 0.0170. The fraction of sp³-hybridized carbons (Fsp3) is 0.167. The van der Waals surface area contributed by atoms with Crippen LogP contribution in [0, 0.1) is 0 Å². The van der Waals surface area contributed by atoms with E-state index in [0.717, 1.165) is 34.6 Å². The number of fused-ring (bicyclic) bond motifs is 1. The molecule has 3 aromatic rings. The van der Waals surface area contributed by atoms with Gasteiger partial charge in [0.05, 0.1) is 15.5 Å². The lowest BCUT2D eigenvalue weighted by Crippen LogP contribution is -2.38. The number of nitrogens with one attached hydrogen (secondary N) is 1. The van der Waals surface area contributed by atoms with Gasteiger partial charge in [-0.25, -0.2) is 13.2 Å². The number of amides is 1. The smallest absolute Gasteiger partial charge is 0.340 e. The van der Waals surface area contributed by atoms with Crippen molar-refractivity contribution in [1.29, 1.82) is 0 Å². The summed E-state index contributed by atoms with van der Waals surface area (Å²) >= 11 is 9.42. The Morgan fingerprint density at radius 2 is 1.79 bits per heavy atom. The number of nitrogens with zero attached hydrogens (tertiary/aromatic N) is 1. The Morgan fingerprint density at radius 3 is 2.56 bits per heavy atom. The van der Waals surface area contributed by atoms with Crippen molar-refractivity contribution in [2.24, 2.45) is 0 Å². The van der Waals surface area contributed by atoms with E-state index in [-0.39, 0.29) is 21.4 Å². The number of esters is 1. The van der Waals surface area contributed by atoms with Crippen molar-refractivity contribution < 1.29 is 22.7 Å². The Morgan fingerprint density at radius 1 is 1.06 bits per heavy atom. The lowest BCUT2D eigenvalue weighted by Gasteiger charge is -2.29. The minimum atomic E-state index is -3.99. The summed E-state index contributed by atoms with van der Waals surface area (Å²) in [5.74, 6) is -1.25. The van der Waals surface area contributed by atoms with E-state index in [1.54, 1.807) is 29.2 Å². The number of aryl methyl sites for hydroxylation is 1. The van der Waals surface area contributed by atoms with Gasteiger partial charge in [-0.2, -0.15) is 0 Å². The maximum absolute atomic E-state index is 12.8. The fourth-order valence-corrected chi connectivity index (χ4v) is 5.18. The molecular formula is C24H20BrClN2O5S. The number of anilines is 2. The van der Waals surface area contributed by atoms with E-state index in [1.165, 1.54) is 12.1 Å². The highest BCUT2D eigenvalue weighted by Gasteiger charge is 2.25. The van der Waals surface area contributed by atoms with Gasteiger partial charge in [-0.1, -0.05) is 45.7 Å². The predicted octanol–water partition coefficient (Wildman–Crippen LogP) is 5.04. The van der Waals surface area contributed by atoms with Crippen LogP contribution in [0.1, 0.15) is 22.3 Å². The Kier molecular flexibility index (Phi) is 7.25. The molecule has 1 amide bonds. The maximum atomic E-state index is 12.8. The molecule has 1 heterocycles. The molecule has 0 radical (unpaired) electrons. The summed E-state index contributed by atoms with van der Waals surface area (Å²) in [5.41, 5.74) is 2.08. The molecule has 10 heteroatoms. The largest absolute Gasteiger partial charge is 0.452 e. The molecule has 0 aromatic heterocycles. The molecule has 0 unspecified atom stereocenters. The van der Waals surface area contributed by atoms with Crippen LogP contribution >= 0.6 is 27.5 Å². The summed E-state index contributed by atoms with van der Waals surface area (Å²) in [7, 11) is -3.99. The number of hydrogen-bond donors (Lipinski definition) is 1. The molecule has 4 rings (SSSR count). The van der Waals surface area contributed by atoms with Crippen molar-refractivity contribution in [2.45, 2.75) is 17.7 Å². The van der Waals surface area contributed by atoms with Crippen LogP contribution in [0.5, 0.6) is 0 Å². The zero-order valence-corrected chi connectivity index (χ0v) is 21.0. The summed E-state index contributed by atoms with van der Waals surface area (Å²) in [5, 5.41) is 0.0170. The number of para-hydroxylation sites is 1. The van der Waals surface area contributed by atoms with Crippen LogP contribution in [0.4, 0.5) is 11.4 Å². The molecule has 0 bridgehead atoms. The zero-order chi connectivity index (χ0) is 24.3. The molecule has 34 heavy (non-hydrogen) atoms. The molecule has 1 N–H and O–H groups in total. The van der Waals surface area contributed by atoms with E-state index in [4.69, 9.17) is 16.3 Å². The van der Waals surface area contributed by atoms with Crippen LogP contribution in [-0.4, -0.2) is 33.4 Å². The van der Waals surface area contributed by atoms with Crippen LogP contribution in [0.25, 0.3) is 0 Å². The molecule has 0 fully saturated rings. The van der Waals surface area contributed by atoms with Crippen LogP contribution in [0.3, 0.4) is 0 Å². The van der Waals surface area contributed by atoms with E-state index in [2.05, 4.69) is 20.7 Å². The van der Waals surface area contributed by atoms with Crippen LogP contribution in [-0.2, 0) is 26.0 Å². The number of halogens is 2. The first-order valence-electron chi connectivity index (χ1n) is 10.4. The third-order valence-corrected chi connectivity index (χ3v) is 7.54. The minimum Gasteiger partial charge on any atom is -0.452 e. The van der Waals surface area contributed by atoms with Crippen LogP contribution < -0.4 is 9.62 Å². The normalized spacial score (nSPS) is 13.2. The average Bonchev–Trinajstić information content (AvgIpc) is 2.83. The first-order chi connectivity index (χ1) is 16.2. The van der Waals surface area contributed by atoms with Gasteiger partial charge in [0.2, 0.25) is 0 Å². The number of hydrogen-bond acceptors (Lipinski definition) is 5. The molecule has 3 aromatic carbocycles. The second-order valence-electron chi connectivity index (χ2n) is 7.61. The summed E-state index contributed by atoms with van der Waals surface area (Å²) < 4.78 is 34.0. The van der Waals surface area contributed by atoms with Crippen molar-refractivity contribution in [3.8, 4) is 0 Å². The topological polar surface area (TPSA) is 92.8 Å². The second kappa shape index (κ2) is 10.2. The molecule has 7 nitrogen and oxygen atoms in total. The molecule has 1 aliphatic heterocycles. The Labute approximate surface area is 210 Å². The molecule has 0 spiro atoms. The lowest BCUT2D eigenvalue weighted by molar-refractivity contribution is -0.121. The molecule has 0 aliphatic carbocycles. The van der Waals surface area contributed by atoms with Gasteiger partial charge in [0, 0.05) is 22.4 Å². The highest BCUT2D eigenvalue weighted by molar-refractivity contribution is 9.10. The Balaban J connectivity index is 1.47. The monoisotopic (exact) mass is 562 g/mol. The van der Waals surface area contributed by atoms with Crippen LogP contribution in [0.2, 0.25) is 5.02 Å². The van der Waals surface area contributed by atoms with Gasteiger partial charge in [-0.15, -0.1) is 0 Å². The number of benzene rings is 3. The van der Waals surface area contributed by atoms with Gasteiger partial charge in [-0.05, 0) is 66.9 Å². The Hall–Kier alpha value is -2.88. The van der Waals surface area contributed by atoms with Gasteiger partial charge >= 0.3 is 5.97 Å². The van der Waals surface area contributed by atoms with Crippen molar-refractivity contribution >= 4 is 60.8 Å². The Bertz CT molecular complexity index is 1350. The third-order valence-electron chi connectivity index (χ3n) is 5.30. The fourth-order valence-electron chi connectivity index (χ4n) is 3.64. The van der Waals surface area contributed by atoms with Gasteiger partial charge in [0.15, 0.2) is 6.61 Å². The SMILES string of the molecule is O=C(OCC(=O)N1CCCc2ccccc21)c1cc(S(=O)(=O)Nc2ccc(Br)cc2)ccc1Cl. The van der Waals surface area contributed by atoms with E-state index >= 15 is 0 Å². The van der Waals surface area contributed by atoms with Crippen molar-refractivity contribution in [3.63, 3.8) is 0 Å². The highest BCUT2D eigenvalue weighted by atomic mass is 79.9. The van der Waals surface area contributed by atoms with Gasteiger partial charge < -0.3 is 9.64 Å². The highest BCUT2D eigenvalue weighted by Crippen LogP contribution is 2.27. The summed E-state index contributed by atoms with van der Waals surface area (Å²) in [6.45, 7) is 0.0429. The first-order valence-corrected chi connectivity index (χ1v) is 13.0. The van der Waals surface area contributed by atoms with Crippen molar-refractivity contribution in [2.75, 3.05) is 22.8 Å². The predicted molar refractivity (Wildman–Crippen MR) is 134 cm³/mol. The molecule has 0 atom stereocenters. The quantitative estimate of drug-likeness (QED) is 0.424. The zero-order valence-electron chi connectivity index (χ0n) is 17.8. The number of carbonyl (C=O) groups excluding carboxylic acids is 2. The van der Waals surface area contributed by atoms with E-state index in [0.29, 0.717) is 12.2 Å². The first kappa shape index (κ1) is 24.3. The van der Waals surface area contributed by atoms with Gasteiger partial charge in [-0.3, -0.25) is 9.52 Å². The van der Waals surface area contributed by atoms with E-state index < -0.39 is 22.6 Å². The maximum Gasteiger partial charge on any atom is 0.340 e. The van der Waals surface area contributed by atoms with Gasteiger partial charge in [0.1, 0.15) is 0 Å². The number of sulfonamides is 1. The second-order valence-corrected chi connectivity index (χ2v) is 10.6. The van der Waals surface area contributed by atoms with Gasteiger partial charge in [0.25, 0.3) is 15.9 Å². The van der Waals surface area contributed by atoms with E-state index in [1.807, 2.05) is 24.3 Å².